The Hall–Kier alpha value is -1.73. The van der Waals surface area contributed by atoms with Crippen molar-refractivity contribution >= 4 is 22.1 Å². The Bertz CT molecular complexity index is 626. The third kappa shape index (κ3) is 4.95. The van der Waals surface area contributed by atoms with E-state index in [1.165, 1.54) is 35.9 Å². The van der Waals surface area contributed by atoms with Crippen LogP contribution in [-0.4, -0.2) is 42.4 Å². The minimum Gasteiger partial charge on any atom is -0.478 e. The zero-order chi connectivity index (χ0) is 16.0. The van der Waals surface area contributed by atoms with Gasteiger partial charge in [0.05, 0.1) is 0 Å². The van der Waals surface area contributed by atoms with E-state index in [0.29, 0.717) is 12.1 Å². The second-order valence-corrected chi connectivity index (χ2v) is 6.97. The number of carbonyl (C=O) groups is 1. The first-order chi connectivity index (χ1) is 9.77. The van der Waals surface area contributed by atoms with Crippen LogP contribution in [0.15, 0.2) is 29.4 Å². The van der Waals surface area contributed by atoms with E-state index >= 15 is 0 Å². The number of hydrogen-bond donors (Lipinski definition) is 1. The fraction of sp³-hybridized carbons (Fsp3) is 0.429. The molecule has 0 aliphatic rings. The van der Waals surface area contributed by atoms with Gasteiger partial charge in [-0.25, -0.2) is 17.5 Å². The van der Waals surface area contributed by atoms with Gasteiger partial charge in [-0.1, -0.05) is 20.3 Å². The summed E-state index contributed by atoms with van der Waals surface area (Å²) >= 11 is 0. The molecule has 0 aliphatic carbocycles. The summed E-state index contributed by atoms with van der Waals surface area (Å²) < 4.78 is 26.1. The molecule has 0 saturated heterocycles. The molecule has 7 heteroatoms. The number of aliphatic carboxylic acids is 1. The smallest absolute Gasteiger partial charge is 0.328 e. The van der Waals surface area contributed by atoms with Crippen LogP contribution in [-0.2, 0) is 14.8 Å². The van der Waals surface area contributed by atoms with Gasteiger partial charge < -0.3 is 5.11 Å². The molecule has 21 heavy (non-hydrogen) atoms. The van der Waals surface area contributed by atoms with Crippen LogP contribution in [0.4, 0.5) is 0 Å². The minimum absolute atomic E-state index is 0.0563. The predicted octanol–water partition coefficient (Wildman–Crippen LogP) is 1.85. The van der Waals surface area contributed by atoms with Gasteiger partial charge in [0.25, 0.3) is 0 Å². The van der Waals surface area contributed by atoms with Crippen molar-refractivity contribution < 1.29 is 18.3 Å². The van der Waals surface area contributed by atoms with Gasteiger partial charge in [-0.2, -0.15) is 0 Å². The molecule has 0 spiro atoms. The molecule has 0 bridgehead atoms. The minimum atomic E-state index is -3.62. The molecule has 0 fully saturated rings. The molecule has 1 aromatic heterocycles. The fourth-order valence-electron chi connectivity index (χ4n) is 1.68. The lowest BCUT2D eigenvalue weighted by atomic mass is 10.1. The Balaban J connectivity index is 3.03. The van der Waals surface area contributed by atoms with Gasteiger partial charge in [0.1, 0.15) is 4.90 Å². The van der Waals surface area contributed by atoms with E-state index in [-0.39, 0.29) is 10.8 Å². The van der Waals surface area contributed by atoms with Crippen molar-refractivity contribution in [3.63, 3.8) is 0 Å². The maximum atomic E-state index is 12.4. The van der Waals surface area contributed by atoms with Gasteiger partial charge >= 0.3 is 5.97 Å². The Morgan fingerprint density at radius 1 is 1.48 bits per heavy atom. The van der Waals surface area contributed by atoms with Crippen LogP contribution in [0.25, 0.3) is 6.08 Å². The maximum Gasteiger partial charge on any atom is 0.328 e. The highest BCUT2D eigenvalue weighted by atomic mass is 32.2. The molecule has 6 nitrogen and oxygen atoms in total. The van der Waals surface area contributed by atoms with Crippen LogP contribution in [0.2, 0.25) is 0 Å². The first kappa shape index (κ1) is 17.3. The first-order valence-corrected chi connectivity index (χ1v) is 8.03. The quantitative estimate of drug-likeness (QED) is 0.776. The van der Waals surface area contributed by atoms with Crippen molar-refractivity contribution in [2.75, 3.05) is 13.6 Å². The van der Waals surface area contributed by atoms with E-state index in [2.05, 4.69) is 4.98 Å². The van der Waals surface area contributed by atoms with E-state index < -0.39 is 16.0 Å². The number of nitrogens with zero attached hydrogens (tertiary/aromatic N) is 2. The van der Waals surface area contributed by atoms with Gasteiger partial charge in [-0.05, 0) is 23.6 Å². The van der Waals surface area contributed by atoms with Gasteiger partial charge in [0.15, 0.2) is 0 Å². The molecule has 1 unspecified atom stereocenters. The van der Waals surface area contributed by atoms with Crippen LogP contribution in [0, 0.1) is 5.92 Å². The zero-order valence-corrected chi connectivity index (χ0v) is 13.2. The Kier molecular flexibility index (Phi) is 6.04. The average Bonchev–Trinajstić information content (AvgIpc) is 2.45. The highest BCUT2D eigenvalue weighted by molar-refractivity contribution is 7.89. The van der Waals surface area contributed by atoms with Crippen LogP contribution in [0.5, 0.6) is 0 Å². The third-order valence-electron chi connectivity index (χ3n) is 3.13. The van der Waals surface area contributed by atoms with Crippen molar-refractivity contribution in [1.29, 1.82) is 0 Å². The molecule has 1 atom stereocenters. The van der Waals surface area contributed by atoms with E-state index in [1.807, 2.05) is 13.8 Å². The molecule has 0 saturated carbocycles. The summed E-state index contributed by atoms with van der Waals surface area (Å²) in [5.41, 5.74) is 0.426. The molecule has 0 aliphatic heterocycles. The molecular weight excluding hydrogens is 292 g/mol. The molecule has 0 aromatic carbocycles. The number of carboxylic acids is 1. The number of aromatic nitrogens is 1. The molecule has 0 radical (unpaired) electrons. The van der Waals surface area contributed by atoms with Gasteiger partial charge in [-0.15, -0.1) is 0 Å². The SMILES string of the molecule is CCC(C)CN(C)S(=O)(=O)c1cncc(C=CC(=O)O)c1. The van der Waals surface area contributed by atoms with E-state index in [1.54, 1.807) is 0 Å². The normalized spacial score (nSPS) is 13.7. The highest BCUT2D eigenvalue weighted by Crippen LogP contribution is 2.17. The van der Waals surface area contributed by atoms with E-state index in [9.17, 15) is 13.2 Å². The Labute approximate surface area is 125 Å². The van der Waals surface area contributed by atoms with E-state index in [4.69, 9.17) is 5.11 Å². The van der Waals surface area contributed by atoms with Crippen LogP contribution in [0.1, 0.15) is 25.8 Å². The van der Waals surface area contributed by atoms with Crippen molar-refractivity contribution in [1.82, 2.24) is 9.29 Å². The van der Waals surface area contributed by atoms with Gasteiger partial charge in [0, 0.05) is 32.1 Å². The van der Waals surface area contributed by atoms with Gasteiger partial charge in [0.2, 0.25) is 10.0 Å². The predicted molar refractivity (Wildman–Crippen MR) is 80.2 cm³/mol. The topological polar surface area (TPSA) is 87.6 Å². The van der Waals surface area contributed by atoms with Crippen LogP contribution < -0.4 is 0 Å². The van der Waals surface area contributed by atoms with Crippen molar-refractivity contribution in [3.8, 4) is 0 Å². The molecular formula is C14H20N2O4S. The van der Waals surface area contributed by atoms with Crippen molar-refractivity contribution in [3.05, 3.63) is 30.1 Å². The zero-order valence-electron chi connectivity index (χ0n) is 12.4. The number of rotatable bonds is 7. The summed E-state index contributed by atoms with van der Waals surface area (Å²) in [6.07, 6.45) is 5.81. The monoisotopic (exact) mass is 312 g/mol. The summed E-state index contributed by atoms with van der Waals surface area (Å²) in [6.45, 7) is 4.41. The summed E-state index contributed by atoms with van der Waals surface area (Å²) in [6, 6.07) is 1.41. The number of carboxylic acid groups (broad SMARTS) is 1. The number of pyridine rings is 1. The average molecular weight is 312 g/mol. The lowest BCUT2D eigenvalue weighted by Crippen LogP contribution is -2.31. The highest BCUT2D eigenvalue weighted by Gasteiger charge is 2.22. The Morgan fingerprint density at radius 2 is 2.14 bits per heavy atom. The lowest BCUT2D eigenvalue weighted by Gasteiger charge is -2.20. The summed E-state index contributed by atoms with van der Waals surface area (Å²) in [4.78, 5) is 14.4. The molecule has 1 rings (SSSR count). The van der Waals surface area contributed by atoms with Crippen LogP contribution in [0.3, 0.4) is 0 Å². The molecule has 116 valence electrons. The second-order valence-electron chi connectivity index (χ2n) is 4.92. The summed E-state index contributed by atoms with van der Waals surface area (Å²) in [5, 5.41) is 8.58. The number of sulfonamides is 1. The number of hydrogen-bond acceptors (Lipinski definition) is 4. The molecule has 1 heterocycles. The molecule has 1 aromatic rings. The summed E-state index contributed by atoms with van der Waals surface area (Å²) in [5.74, 6) is -0.843. The first-order valence-electron chi connectivity index (χ1n) is 6.59. The fourth-order valence-corrected chi connectivity index (χ4v) is 2.97. The van der Waals surface area contributed by atoms with E-state index in [0.717, 1.165) is 12.5 Å². The molecule has 0 amide bonds. The third-order valence-corrected chi connectivity index (χ3v) is 4.92. The largest absolute Gasteiger partial charge is 0.478 e. The lowest BCUT2D eigenvalue weighted by molar-refractivity contribution is -0.131. The second kappa shape index (κ2) is 7.33. The van der Waals surface area contributed by atoms with Crippen molar-refractivity contribution in [2.45, 2.75) is 25.2 Å². The van der Waals surface area contributed by atoms with Gasteiger partial charge in [-0.3, -0.25) is 4.98 Å². The van der Waals surface area contributed by atoms with Crippen LogP contribution >= 0.6 is 0 Å². The Morgan fingerprint density at radius 3 is 2.71 bits per heavy atom. The summed E-state index contributed by atoms with van der Waals surface area (Å²) in [7, 11) is -2.09. The standard InChI is InChI=1S/C14H20N2O4S/c1-4-11(2)10-16(3)21(19,20)13-7-12(8-15-9-13)5-6-14(17)18/h5-9,11H,4,10H2,1-3H3,(H,17,18). The molecule has 1 N–H and O–H groups in total. The van der Waals surface area contributed by atoms with Crippen molar-refractivity contribution in [2.24, 2.45) is 5.92 Å². The maximum absolute atomic E-state index is 12.4.